The molecule has 2 N–H and O–H groups in total. The van der Waals surface area contributed by atoms with Crippen molar-refractivity contribution < 1.29 is 14.6 Å². The Balaban J connectivity index is 3.02. The van der Waals surface area contributed by atoms with E-state index >= 15 is 0 Å². The van der Waals surface area contributed by atoms with Crippen molar-refractivity contribution in [2.45, 2.75) is 45.7 Å². The fourth-order valence-electron chi connectivity index (χ4n) is 2.01. The summed E-state index contributed by atoms with van der Waals surface area (Å²) in [6.45, 7) is 7.77. The first kappa shape index (κ1) is 16.3. The summed E-state index contributed by atoms with van der Waals surface area (Å²) in [6.07, 6.45) is -0.301. The zero-order valence-electron chi connectivity index (χ0n) is 12.8. The molecule has 5 nitrogen and oxygen atoms in total. The predicted octanol–water partition coefficient (Wildman–Crippen LogP) is 3.43. The SMILES string of the molecule is CCC(c1ccc(OC)cc1)N(NC(C)(C)C)C(=O)O. The number of methoxy groups -OCH3 is 1. The van der Waals surface area contributed by atoms with Crippen LogP contribution in [-0.2, 0) is 0 Å². The maximum atomic E-state index is 11.5. The summed E-state index contributed by atoms with van der Waals surface area (Å²) in [5, 5.41) is 10.7. The number of hydrogen-bond donors (Lipinski definition) is 2. The Labute approximate surface area is 120 Å². The van der Waals surface area contributed by atoms with Crippen molar-refractivity contribution in [1.82, 2.24) is 10.4 Å². The molecule has 0 saturated heterocycles. The van der Waals surface area contributed by atoms with Gasteiger partial charge in [0.25, 0.3) is 0 Å². The van der Waals surface area contributed by atoms with Crippen LogP contribution in [0.5, 0.6) is 5.75 Å². The van der Waals surface area contributed by atoms with Crippen LogP contribution in [0.15, 0.2) is 24.3 Å². The quantitative estimate of drug-likeness (QED) is 0.811. The maximum absolute atomic E-state index is 11.5. The number of carboxylic acid groups (broad SMARTS) is 1. The van der Waals surface area contributed by atoms with E-state index in [1.54, 1.807) is 7.11 Å². The topological polar surface area (TPSA) is 61.8 Å². The molecule has 0 radical (unpaired) electrons. The van der Waals surface area contributed by atoms with Crippen LogP contribution in [0.4, 0.5) is 4.79 Å². The average Bonchev–Trinajstić information content (AvgIpc) is 2.37. The minimum Gasteiger partial charge on any atom is -0.497 e. The molecule has 0 spiro atoms. The molecule has 0 aliphatic carbocycles. The van der Waals surface area contributed by atoms with E-state index in [9.17, 15) is 9.90 Å². The molecule has 0 heterocycles. The number of rotatable bonds is 5. The van der Waals surface area contributed by atoms with E-state index in [1.165, 1.54) is 5.01 Å². The molecule has 1 aromatic rings. The maximum Gasteiger partial charge on any atom is 0.422 e. The largest absolute Gasteiger partial charge is 0.497 e. The van der Waals surface area contributed by atoms with E-state index in [1.807, 2.05) is 52.0 Å². The van der Waals surface area contributed by atoms with Crippen molar-refractivity contribution in [3.63, 3.8) is 0 Å². The molecule has 1 aromatic carbocycles. The van der Waals surface area contributed by atoms with Crippen LogP contribution in [0.1, 0.15) is 45.7 Å². The lowest BCUT2D eigenvalue weighted by Gasteiger charge is -2.35. The molecule has 5 heteroatoms. The van der Waals surface area contributed by atoms with E-state index in [2.05, 4.69) is 5.43 Å². The third-order valence-corrected chi connectivity index (χ3v) is 2.86. The number of nitrogens with one attached hydrogen (secondary N) is 1. The van der Waals surface area contributed by atoms with Crippen LogP contribution < -0.4 is 10.2 Å². The first-order valence-electron chi connectivity index (χ1n) is 6.72. The number of ether oxygens (including phenoxy) is 1. The highest BCUT2D eigenvalue weighted by Crippen LogP contribution is 2.26. The van der Waals surface area contributed by atoms with E-state index in [0.29, 0.717) is 6.42 Å². The lowest BCUT2D eigenvalue weighted by Crippen LogP contribution is -2.52. The molecular weight excluding hydrogens is 256 g/mol. The van der Waals surface area contributed by atoms with Crippen LogP contribution >= 0.6 is 0 Å². The Morgan fingerprint density at radius 2 is 1.90 bits per heavy atom. The van der Waals surface area contributed by atoms with Crippen molar-refractivity contribution in [3.8, 4) is 5.75 Å². The lowest BCUT2D eigenvalue weighted by molar-refractivity contribution is 0.0645. The number of nitrogens with zero attached hydrogens (tertiary/aromatic N) is 1. The Morgan fingerprint density at radius 1 is 1.35 bits per heavy atom. The molecule has 0 aliphatic heterocycles. The van der Waals surface area contributed by atoms with Crippen molar-refractivity contribution in [3.05, 3.63) is 29.8 Å². The fourth-order valence-corrected chi connectivity index (χ4v) is 2.01. The number of benzene rings is 1. The van der Waals surface area contributed by atoms with Gasteiger partial charge in [0.1, 0.15) is 5.75 Å². The van der Waals surface area contributed by atoms with Crippen LogP contribution in [0.3, 0.4) is 0 Å². The summed E-state index contributed by atoms with van der Waals surface area (Å²) >= 11 is 0. The van der Waals surface area contributed by atoms with Gasteiger partial charge in [0, 0.05) is 5.54 Å². The van der Waals surface area contributed by atoms with Crippen molar-refractivity contribution >= 4 is 6.09 Å². The first-order chi connectivity index (χ1) is 9.28. The highest BCUT2D eigenvalue weighted by molar-refractivity contribution is 5.65. The second-order valence-corrected chi connectivity index (χ2v) is 5.71. The molecule has 20 heavy (non-hydrogen) atoms. The van der Waals surface area contributed by atoms with E-state index < -0.39 is 6.09 Å². The van der Waals surface area contributed by atoms with E-state index in [-0.39, 0.29) is 11.6 Å². The van der Waals surface area contributed by atoms with Crippen LogP contribution in [-0.4, -0.2) is 28.9 Å². The van der Waals surface area contributed by atoms with Gasteiger partial charge in [0.05, 0.1) is 13.2 Å². The van der Waals surface area contributed by atoms with Gasteiger partial charge in [-0.3, -0.25) is 0 Å². The van der Waals surface area contributed by atoms with Crippen molar-refractivity contribution in [2.75, 3.05) is 7.11 Å². The van der Waals surface area contributed by atoms with Gasteiger partial charge in [-0.15, -0.1) is 0 Å². The summed E-state index contributed by atoms with van der Waals surface area (Å²) in [6, 6.07) is 7.24. The molecule has 0 bridgehead atoms. The summed E-state index contributed by atoms with van der Waals surface area (Å²) in [4.78, 5) is 11.5. The first-order valence-corrected chi connectivity index (χ1v) is 6.72. The Morgan fingerprint density at radius 3 is 2.25 bits per heavy atom. The summed E-state index contributed by atoms with van der Waals surface area (Å²) in [5.74, 6) is 0.759. The zero-order chi connectivity index (χ0) is 15.3. The van der Waals surface area contributed by atoms with Crippen molar-refractivity contribution in [2.24, 2.45) is 0 Å². The average molecular weight is 280 g/mol. The van der Waals surface area contributed by atoms with Gasteiger partial charge < -0.3 is 9.84 Å². The predicted molar refractivity (Wildman–Crippen MR) is 78.8 cm³/mol. The number of amides is 1. The van der Waals surface area contributed by atoms with Gasteiger partial charge in [-0.25, -0.2) is 15.2 Å². The molecule has 0 fully saturated rings. The van der Waals surface area contributed by atoms with Gasteiger partial charge in [-0.05, 0) is 44.9 Å². The normalized spacial score (nSPS) is 12.8. The Hall–Kier alpha value is -1.75. The van der Waals surface area contributed by atoms with Crippen molar-refractivity contribution in [1.29, 1.82) is 0 Å². The highest BCUT2D eigenvalue weighted by Gasteiger charge is 2.27. The Kier molecular flexibility index (Phi) is 5.39. The highest BCUT2D eigenvalue weighted by atomic mass is 16.5. The van der Waals surface area contributed by atoms with Crippen LogP contribution in [0.2, 0.25) is 0 Å². The van der Waals surface area contributed by atoms with Gasteiger partial charge >= 0.3 is 6.09 Å². The van der Waals surface area contributed by atoms with E-state index in [0.717, 1.165) is 11.3 Å². The molecule has 112 valence electrons. The minimum absolute atomic E-state index is 0.238. The molecule has 0 aromatic heterocycles. The summed E-state index contributed by atoms with van der Waals surface area (Å²) in [7, 11) is 1.61. The zero-order valence-corrected chi connectivity index (χ0v) is 12.8. The number of hydrogen-bond acceptors (Lipinski definition) is 3. The third-order valence-electron chi connectivity index (χ3n) is 2.86. The second kappa shape index (κ2) is 6.61. The van der Waals surface area contributed by atoms with Crippen LogP contribution in [0, 0.1) is 0 Å². The molecular formula is C15H24N2O3. The molecule has 1 rings (SSSR count). The molecule has 1 unspecified atom stereocenters. The van der Waals surface area contributed by atoms with Gasteiger partial charge in [0.15, 0.2) is 0 Å². The third kappa shape index (κ3) is 4.42. The van der Waals surface area contributed by atoms with Gasteiger partial charge in [0.2, 0.25) is 0 Å². The number of hydrazine groups is 1. The second-order valence-electron chi connectivity index (χ2n) is 5.71. The smallest absolute Gasteiger partial charge is 0.422 e. The molecule has 1 atom stereocenters. The monoisotopic (exact) mass is 280 g/mol. The lowest BCUT2D eigenvalue weighted by atomic mass is 10.0. The van der Waals surface area contributed by atoms with E-state index in [4.69, 9.17) is 4.74 Å². The van der Waals surface area contributed by atoms with Crippen LogP contribution in [0.25, 0.3) is 0 Å². The fraction of sp³-hybridized carbons (Fsp3) is 0.533. The standard InChI is InChI=1S/C15H24N2O3/c1-6-13(11-7-9-12(20-5)10-8-11)17(14(18)19)16-15(2,3)4/h7-10,13,16H,6H2,1-5H3,(H,18,19). The molecule has 1 amide bonds. The minimum atomic E-state index is -0.984. The molecule has 0 saturated carbocycles. The Bertz CT molecular complexity index is 437. The molecule has 0 aliphatic rings. The number of carbonyl (C=O) groups is 1. The van der Waals surface area contributed by atoms with Gasteiger partial charge in [-0.2, -0.15) is 0 Å². The summed E-state index contributed by atoms with van der Waals surface area (Å²) in [5.41, 5.74) is 3.65. The summed E-state index contributed by atoms with van der Waals surface area (Å²) < 4.78 is 5.13. The van der Waals surface area contributed by atoms with Gasteiger partial charge in [-0.1, -0.05) is 19.1 Å².